The smallest absolute Gasteiger partial charge is 0.243 e. The highest BCUT2D eigenvalue weighted by atomic mass is 16.2. The monoisotopic (exact) mass is 456 g/mol. The van der Waals surface area contributed by atoms with E-state index in [4.69, 9.17) is 0 Å². The number of nitrogens with zero attached hydrogens (tertiary/aromatic N) is 1. The zero-order valence-corrected chi connectivity index (χ0v) is 20.6. The number of likely N-dealkylation sites (N-methyl/N-ethyl adjacent to an activating group) is 1. The maximum absolute atomic E-state index is 13.6. The lowest BCUT2D eigenvalue weighted by Crippen LogP contribution is -2.50. The first-order chi connectivity index (χ1) is 16.5. The molecule has 0 aromatic heterocycles. The van der Waals surface area contributed by atoms with Crippen LogP contribution >= 0.6 is 0 Å². The number of carbonyl (C=O) groups is 2. The van der Waals surface area contributed by atoms with E-state index in [0.29, 0.717) is 32.4 Å². The van der Waals surface area contributed by atoms with Crippen molar-refractivity contribution in [1.29, 1.82) is 0 Å². The Labute approximate surface area is 204 Å². The predicted octanol–water partition coefficient (Wildman–Crippen LogP) is 5.27. The van der Waals surface area contributed by atoms with E-state index in [9.17, 15) is 9.59 Å². The van der Waals surface area contributed by atoms with E-state index in [1.165, 1.54) is 5.56 Å². The minimum Gasteiger partial charge on any atom is -0.355 e. The van der Waals surface area contributed by atoms with Crippen LogP contribution in [0.5, 0.6) is 0 Å². The van der Waals surface area contributed by atoms with Gasteiger partial charge in [-0.2, -0.15) is 0 Å². The van der Waals surface area contributed by atoms with Crippen LogP contribution in [0.1, 0.15) is 48.1 Å². The highest BCUT2D eigenvalue weighted by molar-refractivity contribution is 5.88. The number of amides is 2. The fourth-order valence-electron chi connectivity index (χ4n) is 4.19. The van der Waals surface area contributed by atoms with Gasteiger partial charge in [-0.3, -0.25) is 9.59 Å². The fourth-order valence-corrected chi connectivity index (χ4v) is 4.19. The van der Waals surface area contributed by atoms with Gasteiger partial charge in [0.25, 0.3) is 0 Å². The number of rotatable bonds is 11. The molecule has 2 amide bonds. The summed E-state index contributed by atoms with van der Waals surface area (Å²) in [5.74, 6) is -0.118. The molecule has 0 spiro atoms. The number of hydrogen-bond acceptors (Lipinski definition) is 2. The van der Waals surface area contributed by atoms with Crippen molar-refractivity contribution in [3.05, 3.63) is 107 Å². The van der Waals surface area contributed by atoms with Gasteiger partial charge in [0.1, 0.15) is 6.04 Å². The number of benzene rings is 3. The molecule has 34 heavy (non-hydrogen) atoms. The summed E-state index contributed by atoms with van der Waals surface area (Å²) in [5.41, 5.74) is 5.63. The lowest BCUT2D eigenvalue weighted by atomic mass is 10.0. The molecule has 0 aliphatic rings. The van der Waals surface area contributed by atoms with Crippen molar-refractivity contribution in [2.75, 3.05) is 6.54 Å². The molecule has 0 saturated carbocycles. The maximum atomic E-state index is 13.6. The highest BCUT2D eigenvalue weighted by Gasteiger charge is 2.29. The maximum Gasteiger partial charge on any atom is 0.243 e. The van der Waals surface area contributed by atoms with Crippen LogP contribution in [-0.4, -0.2) is 29.3 Å². The summed E-state index contributed by atoms with van der Waals surface area (Å²) >= 11 is 0. The van der Waals surface area contributed by atoms with Crippen molar-refractivity contribution in [2.24, 2.45) is 0 Å². The van der Waals surface area contributed by atoms with Crippen LogP contribution < -0.4 is 5.32 Å². The second-order valence-electron chi connectivity index (χ2n) is 8.78. The second-order valence-corrected chi connectivity index (χ2v) is 8.78. The van der Waals surface area contributed by atoms with E-state index in [1.54, 1.807) is 4.90 Å². The molecule has 3 aromatic carbocycles. The zero-order chi connectivity index (χ0) is 24.3. The largest absolute Gasteiger partial charge is 0.355 e. The fraction of sp³-hybridized carbons (Fsp3) is 0.333. The molecule has 0 radical (unpaired) electrons. The van der Waals surface area contributed by atoms with Gasteiger partial charge in [-0.15, -0.1) is 0 Å². The zero-order valence-electron chi connectivity index (χ0n) is 20.6. The topological polar surface area (TPSA) is 49.4 Å². The average molecular weight is 457 g/mol. The van der Waals surface area contributed by atoms with Crippen LogP contribution in [0.2, 0.25) is 0 Å². The molecule has 4 heteroatoms. The molecule has 0 aliphatic carbocycles. The predicted molar refractivity (Wildman–Crippen MR) is 138 cm³/mol. The van der Waals surface area contributed by atoms with Crippen molar-refractivity contribution in [2.45, 2.75) is 59.0 Å². The van der Waals surface area contributed by atoms with E-state index in [0.717, 1.165) is 28.7 Å². The second kappa shape index (κ2) is 12.7. The third-order valence-electron chi connectivity index (χ3n) is 6.12. The Morgan fingerprint density at radius 1 is 0.824 bits per heavy atom. The van der Waals surface area contributed by atoms with Gasteiger partial charge in [-0.25, -0.2) is 0 Å². The van der Waals surface area contributed by atoms with Crippen LogP contribution in [0.25, 0.3) is 0 Å². The Bertz CT molecular complexity index is 1060. The molecule has 0 heterocycles. The number of hydrogen-bond donors (Lipinski definition) is 1. The third kappa shape index (κ3) is 7.31. The lowest BCUT2D eigenvalue weighted by molar-refractivity contribution is -0.141. The van der Waals surface area contributed by atoms with E-state index >= 15 is 0 Å². The summed E-state index contributed by atoms with van der Waals surface area (Å²) in [5, 5.41) is 2.95. The van der Waals surface area contributed by atoms with Crippen LogP contribution in [0.3, 0.4) is 0 Å². The molecule has 0 saturated heterocycles. The minimum atomic E-state index is -0.571. The first kappa shape index (κ1) is 25.2. The molecule has 0 fully saturated rings. The van der Waals surface area contributed by atoms with Gasteiger partial charge in [0.05, 0.1) is 0 Å². The summed E-state index contributed by atoms with van der Waals surface area (Å²) < 4.78 is 0. The molecule has 0 bridgehead atoms. The molecule has 4 nitrogen and oxygen atoms in total. The van der Waals surface area contributed by atoms with Crippen molar-refractivity contribution in [3.8, 4) is 0 Å². The van der Waals surface area contributed by atoms with Gasteiger partial charge in [0.15, 0.2) is 0 Å². The molecule has 3 rings (SSSR count). The minimum absolute atomic E-state index is 0.00624. The Morgan fingerprint density at radius 2 is 1.50 bits per heavy atom. The van der Waals surface area contributed by atoms with Gasteiger partial charge in [0.2, 0.25) is 11.8 Å². The van der Waals surface area contributed by atoms with Gasteiger partial charge in [-0.1, -0.05) is 91.3 Å². The Kier molecular flexibility index (Phi) is 9.45. The number of aryl methyl sites for hydroxylation is 3. The van der Waals surface area contributed by atoms with E-state index < -0.39 is 6.04 Å². The molecule has 1 atom stereocenters. The van der Waals surface area contributed by atoms with Crippen molar-refractivity contribution < 1.29 is 9.59 Å². The quantitative estimate of drug-likeness (QED) is 0.428. The average Bonchev–Trinajstić information content (AvgIpc) is 2.85. The molecule has 3 aromatic rings. The lowest BCUT2D eigenvalue weighted by Gasteiger charge is -2.31. The normalized spacial score (nSPS) is 11.6. The van der Waals surface area contributed by atoms with Gasteiger partial charge < -0.3 is 10.2 Å². The number of nitrogens with one attached hydrogen (secondary N) is 1. The molecular weight excluding hydrogens is 420 g/mol. The van der Waals surface area contributed by atoms with E-state index in [2.05, 4.69) is 42.6 Å². The van der Waals surface area contributed by atoms with Crippen molar-refractivity contribution in [1.82, 2.24) is 10.2 Å². The summed E-state index contributed by atoms with van der Waals surface area (Å²) in [6.45, 7) is 7.02. The first-order valence-corrected chi connectivity index (χ1v) is 12.2. The Morgan fingerprint density at radius 3 is 2.15 bits per heavy atom. The van der Waals surface area contributed by atoms with Crippen LogP contribution in [0.4, 0.5) is 0 Å². The summed E-state index contributed by atoms with van der Waals surface area (Å²) in [7, 11) is 0. The summed E-state index contributed by atoms with van der Waals surface area (Å²) in [6, 6.07) is 25.9. The highest BCUT2D eigenvalue weighted by Crippen LogP contribution is 2.18. The van der Waals surface area contributed by atoms with Crippen molar-refractivity contribution in [3.63, 3.8) is 0 Å². The molecule has 1 unspecified atom stereocenters. The third-order valence-corrected chi connectivity index (χ3v) is 6.12. The summed E-state index contributed by atoms with van der Waals surface area (Å²) in [4.78, 5) is 28.6. The molecular formula is C30H36N2O2. The van der Waals surface area contributed by atoms with Crippen LogP contribution in [0, 0.1) is 6.92 Å². The molecule has 1 N–H and O–H groups in total. The SMILES string of the molecule is CCNC(=O)C(Cc1ccccc1)N(Cc1cccc(C)c1)C(=O)CCc1ccc(CC)cc1. The number of carbonyl (C=O) groups excluding carboxylic acids is 2. The summed E-state index contributed by atoms with van der Waals surface area (Å²) in [6.07, 6.45) is 2.50. The molecule has 0 aliphatic heterocycles. The van der Waals surface area contributed by atoms with Gasteiger partial charge >= 0.3 is 0 Å². The van der Waals surface area contributed by atoms with Crippen LogP contribution in [-0.2, 0) is 35.4 Å². The van der Waals surface area contributed by atoms with Gasteiger partial charge in [0, 0.05) is 25.9 Å². The van der Waals surface area contributed by atoms with E-state index in [1.807, 2.05) is 62.4 Å². The van der Waals surface area contributed by atoms with Crippen LogP contribution in [0.15, 0.2) is 78.9 Å². The molecule has 178 valence electrons. The Balaban J connectivity index is 1.86. The standard InChI is InChI=1S/C30H36N2O2/c1-4-24-14-16-25(17-15-24)18-19-29(33)32(22-27-13-9-10-23(3)20-27)28(30(34)31-5-2)21-26-11-7-6-8-12-26/h6-17,20,28H,4-5,18-19,21-22H2,1-3H3,(H,31,34). The van der Waals surface area contributed by atoms with Crippen molar-refractivity contribution >= 4 is 11.8 Å². The Hall–Kier alpha value is -3.40. The first-order valence-electron chi connectivity index (χ1n) is 12.2. The van der Waals surface area contributed by atoms with E-state index in [-0.39, 0.29) is 11.8 Å². The van der Waals surface area contributed by atoms with Gasteiger partial charge in [-0.05, 0) is 48.9 Å².